The van der Waals surface area contributed by atoms with Crippen molar-refractivity contribution in [3.05, 3.63) is 59.7 Å². The number of ether oxygens (including phenoxy) is 1. The first-order valence-electron chi connectivity index (χ1n) is 9.56. The van der Waals surface area contributed by atoms with Crippen LogP contribution >= 0.6 is 0 Å². The molecule has 1 unspecified atom stereocenters. The maximum absolute atomic E-state index is 13.0. The predicted octanol–water partition coefficient (Wildman–Crippen LogP) is 4.41. The number of amides is 1. The van der Waals surface area contributed by atoms with E-state index in [0.29, 0.717) is 0 Å². The van der Waals surface area contributed by atoms with Crippen molar-refractivity contribution < 1.29 is 28.2 Å². The molecule has 2 aliphatic carbocycles. The molecular formula is C22H21F2NO4. The first kappa shape index (κ1) is 19.4. The second-order valence-corrected chi connectivity index (χ2v) is 7.73. The van der Waals surface area contributed by atoms with Crippen LogP contribution in [0.2, 0.25) is 0 Å². The predicted molar refractivity (Wildman–Crippen MR) is 102 cm³/mol. The first-order chi connectivity index (χ1) is 13.8. The molecule has 1 amide bonds. The van der Waals surface area contributed by atoms with Crippen molar-refractivity contribution >= 4 is 12.1 Å². The minimum absolute atomic E-state index is 0.0326. The van der Waals surface area contributed by atoms with E-state index in [1.54, 1.807) is 0 Å². The Morgan fingerprint density at radius 3 is 2.14 bits per heavy atom. The van der Waals surface area contributed by atoms with E-state index < -0.39 is 29.9 Å². The number of carbonyl (C=O) groups excluding carboxylic acids is 1. The van der Waals surface area contributed by atoms with Gasteiger partial charge in [-0.25, -0.2) is 18.4 Å². The number of carbonyl (C=O) groups is 2. The number of alkyl halides is 2. The molecule has 5 nitrogen and oxygen atoms in total. The molecule has 1 saturated carbocycles. The average molecular weight is 401 g/mol. The molecule has 2 aromatic rings. The van der Waals surface area contributed by atoms with Crippen molar-refractivity contribution in [2.45, 2.75) is 37.1 Å². The molecule has 0 spiro atoms. The van der Waals surface area contributed by atoms with Crippen LogP contribution in [-0.4, -0.2) is 35.7 Å². The lowest BCUT2D eigenvalue weighted by Gasteiger charge is -2.36. The van der Waals surface area contributed by atoms with Crippen molar-refractivity contribution in [3.8, 4) is 11.1 Å². The fourth-order valence-corrected chi connectivity index (χ4v) is 4.29. The van der Waals surface area contributed by atoms with Crippen molar-refractivity contribution in [2.75, 3.05) is 6.61 Å². The number of carboxylic acids is 1. The van der Waals surface area contributed by atoms with Gasteiger partial charge in [0.2, 0.25) is 5.92 Å². The van der Waals surface area contributed by atoms with E-state index in [2.05, 4.69) is 5.32 Å². The standard InChI is InChI=1S/C22H21F2NO4/c23-22(24)10-13(11-22)9-19(20(26)27)25-21(28)29-12-18-16-7-3-1-5-14(16)15-6-2-4-8-17(15)18/h1-8,13,18-19H,9-12H2,(H,25,28)(H,26,27). The SMILES string of the molecule is O=C(NC(CC1CC(F)(F)C1)C(=O)O)OCC1c2ccccc2-c2ccccc21. The monoisotopic (exact) mass is 401 g/mol. The zero-order valence-electron chi connectivity index (χ0n) is 15.6. The first-order valence-corrected chi connectivity index (χ1v) is 9.56. The second-order valence-electron chi connectivity index (χ2n) is 7.73. The van der Waals surface area contributed by atoms with Gasteiger partial charge in [0.05, 0.1) is 0 Å². The number of benzene rings is 2. The minimum atomic E-state index is -2.72. The maximum Gasteiger partial charge on any atom is 0.407 e. The molecule has 0 radical (unpaired) electrons. The van der Waals surface area contributed by atoms with Gasteiger partial charge in [0.15, 0.2) is 0 Å². The Morgan fingerprint density at radius 1 is 1.07 bits per heavy atom. The Morgan fingerprint density at radius 2 is 1.62 bits per heavy atom. The molecule has 1 atom stereocenters. The summed E-state index contributed by atoms with van der Waals surface area (Å²) in [5.74, 6) is -4.53. The van der Waals surface area contributed by atoms with Crippen molar-refractivity contribution in [1.82, 2.24) is 5.32 Å². The van der Waals surface area contributed by atoms with Gasteiger partial charge in [0, 0.05) is 18.8 Å². The van der Waals surface area contributed by atoms with Crippen LogP contribution < -0.4 is 5.32 Å². The van der Waals surface area contributed by atoms with Gasteiger partial charge < -0.3 is 15.2 Å². The number of alkyl carbamates (subject to hydrolysis) is 1. The van der Waals surface area contributed by atoms with Gasteiger partial charge in [-0.3, -0.25) is 0 Å². The number of aliphatic carboxylic acids is 1. The van der Waals surface area contributed by atoms with Crippen LogP contribution in [0.4, 0.5) is 13.6 Å². The number of hydrogen-bond acceptors (Lipinski definition) is 3. The molecule has 2 aliphatic rings. The number of fused-ring (bicyclic) bond motifs is 3. The Bertz CT molecular complexity index is 892. The molecule has 1 fully saturated rings. The van der Waals surface area contributed by atoms with Crippen LogP contribution in [-0.2, 0) is 9.53 Å². The van der Waals surface area contributed by atoms with E-state index in [-0.39, 0.29) is 31.8 Å². The molecule has 0 heterocycles. The smallest absolute Gasteiger partial charge is 0.407 e. The highest BCUT2D eigenvalue weighted by molar-refractivity contribution is 5.81. The molecule has 0 bridgehead atoms. The second kappa shape index (κ2) is 7.46. The van der Waals surface area contributed by atoms with Crippen LogP contribution in [0.15, 0.2) is 48.5 Å². The third-order valence-corrected chi connectivity index (χ3v) is 5.68. The number of hydrogen-bond donors (Lipinski definition) is 2. The van der Waals surface area contributed by atoms with Gasteiger partial charge >= 0.3 is 12.1 Å². The van der Waals surface area contributed by atoms with Crippen LogP contribution in [0.3, 0.4) is 0 Å². The molecule has 29 heavy (non-hydrogen) atoms. The molecule has 0 saturated heterocycles. The van der Waals surface area contributed by atoms with Gasteiger partial charge in [-0.15, -0.1) is 0 Å². The summed E-state index contributed by atoms with van der Waals surface area (Å²) < 4.78 is 31.3. The lowest BCUT2D eigenvalue weighted by molar-refractivity contribution is -0.143. The van der Waals surface area contributed by atoms with E-state index in [0.717, 1.165) is 22.3 Å². The number of halogens is 2. The summed E-state index contributed by atoms with van der Waals surface area (Å²) >= 11 is 0. The third-order valence-electron chi connectivity index (χ3n) is 5.68. The molecular weight excluding hydrogens is 380 g/mol. The summed E-state index contributed by atoms with van der Waals surface area (Å²) in [6.45, 7) is 0.0632. The largest absolute Gasteiger partial charge is 0.480 e. The van der Waals surface area contributed by atoms with Gasteiger partial charge in [0.1, 0.15) is 12.6 Å². The van der Waals surface area contributed by atoms with E-state index in [1.165, 1.54) is 0 Å². The summed E-state index contributed by atoms with van der Waals surface area (Å²) in [5.41, 5.74) is 4.28. The quantitative estimate of drug-likeness (QED) is 0.752. The van der Waals surface area contributed by atoms with Gasteiger partial charge in [-0.2, -0.15) is 0 Å². The molecule has 2 N–H and O–H groups in total. The summed E-state index contributed by atoms with van der Waals surface area (Å²) in [4.78, 5) is 23.6. The lowest BCUT2D eigenvalue weighted by Crippen LogP contribution is -2.46. The fourth-order valence-electron chi connectivity index (χ4n) is 4.29. The van der Waals surface area contributed by atoms with E-state index in [9.17, 15) is 23.5 Å². The van der Waals surface area contributed by atoms with Crippen LogP contribution in [0, 0.1) is 5.92 Å². The van der Waals surface area contributed by atoms with Gasteiger partial charge in [0.25, 0.3) is 0 Å². The zero-order valence-corrected chi connectivity index (χ0v) is 15.6. The molecule has 4 rings (SSSR count). The Labute approximate surface area is 166 Å². The normalized spacial score (nSPS) is 18.3. The van der Waals surface area contributed by atoms with Crippen molar-refractivity contribution in [1.29, 1.82) is 0 Å². The Balaban J connectivity index is 1.38. The van der Waals surface area contributed by atoms with Crippen molar-refractivity contribution in [3.63, 3.8) is 0 Å². The highest BCUT2D eigenvalue weighted by atomic mass is 19.3. The highest BCUT2D eigenvalue weighted by Gasteiger charge is 2.46. The van der Waals surface area contributed by atoms with Gasteiger partial charge in [-0.1, -0.05) is 48.5 Å². The Hall–Kier alpha value is -2.96. The average Bonchev–Trinajstić information content (AvgIpc) is 2.98. The molecule has 0 aromatic heterocycles. The minimum Gasteiger partial charge on any atom is -0.480 e. The van der Waals surface area contributed by atoms with Crippen molar-refractivity contribution in [2.24, 2.45) is 5.92 Å². The number of rotatable bonds is 6. The third kappa shape index (κ3) is 3.95. The van der Waals surface area contributed by atoms with Crippen LogP contribution in [0.25, 0.3) is 11.1 Å². The van der Waals surface area contributed by atoms with E-state index in [4.69, 9.17) is 4.74 Å². The molecule has 152 valence electrons. The van der Waals surface area contributed by atoms with E-state index >= 15 is 0 Å². The van der Waals surface area contributed by atoms with Crippen LogP contribution in [0.5, 0.6) is 0 Å². The fraction of sp³-hybridized carbons (Fsp3) is 0.364. The molecule has 7 heteroatoms. The summed E-state index contributed by atoms with van der Waals surface area (Å²) in [5, 5.41) is 11.6. The Kier molecular flexibility index (Phi) is 4.98. The maximum atomic E-state index is 13.0. The zero-order chi connectivity index (χ0) is 20.6. The number of nitrogens with one attached hydrogen (secondary N) is 1. The van der Waals surface area contributed by atoms with Crippen LogP contribution in [0.1, 0.15) is 36.3 Å². The molecule has 0 aliphatic heterocycles. The van der Waals surface area contributed by atoms with E-state index in [1.807, 2.05) is 48.5 Å². The summed E-state index contributed by atoms with van der Waals surface area (Å²) in [6.07, 6.45) is -1.58. The topological polar surface area (TPSA) is 75.6 Å². The molecule has 2 aromatic carbocycles. The summed E-state index contributed by atoms with van der Waals surface area (Å²) in [7, 11) is 0. The van der Waals surface area contributed by atoms with Gasteiger partial charge in [-0.05, 0) is 34.6 Å². The highest BCUT2D eigenvalue weighted by Crippen LogP contribution is 2.45. The summed E-state index contributed by atoms with van der Waals surface area (Å²) in [6, 6.07) is 14.5. The number of carboxylic acid groups (broad SMARTS) is 1. The lowest BCUT2D eigenvalue weighted by atomic mass is 9.77.